The Balaban J connectivity index is 3.05. The summed E-state index contributed by atoms with van der Waals surface area (Å²) in [5.74, 6) is 0. The summed E-state index contributed by atoms with van der Waals surface area (Å²) < 4.78 is 2.62. The van der Waals surface area contributed by atoms with Crippen LogP contribution in [0.5, 0.6) is 0 Å². The number of hydrogen-bond donors (Lipinski definition) is 0. The van der Waals surface area contributed by atoms with Crippen molar-refractivity contribution in [1.82, 2.24) is 2.78 Å². The maximum Gasteiger partial charge on any atom is 0.268 e. The lowest BCUT2D eigenvalue weighted by molar-refractivity contribution is 1.24. The fraction of sp³-hybridized carbons (Fsp3) is 0. The Bertz CT molecular complexity index is 445. The van der Waals surface area contributed by atoms with Crippen LogP contribution in [0.15, 0.2) is 28.5 Å². The van der Waals surface area contributed by atoms with Crippen molar-refractivity contribution < 1.29 is 0 Å². The number of rotatable bonds is 0. The standard InChI is InChI=1S/C7H4INOS/c8-9-3-1-6-5(7(9)10)2-4-11-6/h1-4H. The summed E-state index contributed by atoms with van der Waals surface area (Å²) in [4.78, 5) is 11.4. The van der Waals surface area contributed by atoms with Gasteiger partial charge in [0.25, 0.3) is 5.56 Å². The molecule has 0 saturated carbocycles. The number of pyridine rings is 1. The van der Waals surface area contributed by atoms with Gasteiger partial charge in [-0.05, 0) is 17.5 Å². The van der Waals surface area contributed by atoms with Crippen molar-refractivity contribution in [2.75, 3.05) is 0 Å². The Labute approximate surface area is 81.0 Å². The van der Waals surface area contributed by atoms with Gasteiger partial charge < -0.3 is 0 Å². The minimum absolute atomic E-state index is 0.0735. The third-order valence-electron chi connectivity index (χ3n) is 1.48. The van der Waals surface area contributed by atoms with E-state index in [0.29, 0.717) is 0 Å². The largest absolute Gasteiger partial charge is 0.268 e. The monoisotopic (exact) mass is 277 g/mol. The van der Waals surface area contributed by atoms with Gasteiger partial charge in [0.15, 0.2) is 0 Å². The Morgan fingerprint density at radius 1 is 1.45 bits per heavy atom. The van der Waals surface area contributed by atoms with Crippen LogP contribution in [0.3, 0.4) is 0 Å². The molecule has 0 aliphatic carbocycles. The van der Waals surface area contributed by atoms with Crippen molar-refractivity contribution in [2.24, 2.45) is 0 Å². The zero-order chi connectivity index (χ0) is 7.84. The number of fused-ring (bicyclic) bond motifs is 1. The van der Waals surface area contributed by atoms with Crippen LogP contribution in [0, 0.1) is 0 Å². The van der Waals surface area contributed by atoms with Gasteiger partial charge in [0.05, 0.1) is 28.3 Å². The molecule has 2 heterocycles. The van der Waals surface area contributed by atoms with Crippen LogP contribution in [0.1, 0.15) is 0 Å². The molecule has 11 heavy (non-hydrogen) atoms. The first kappa shape index (κ1) is 7.30. The van der Waals surface area contributed by atoms with Crippen LogP contribution >= 0.6 is 34.2 Å². The summed E-state index contributed by atoms with van der Waals surface area (Å²) in [6, 6.07) is 3.81. The fourth-order valence-corrected chi connectivity index (χ4v) is 2.14. The number of aromatic nitrogens is 1. The van der Waals surface area contributed by atoms with Gasteiger partial charge in [-0.1, -0.05) is 0 Å². The van der Waals surface area contributed by atoms with E-state index in [-0.39, 0.29) is 5.56 Å². The average Bonchev–Trinajstić information content (AvgIpc) is 2.45. The maximum atomic E-state index is 11.4. The summed E-state index contributed by atoms with van der Waals surface area (Å²) in [6.07, 6.45) is 1.78. The molecule has 0 aliphatic rings. The molecule has 0 radical (unpaired) electrons. The molecule has 0 aliphatic heterocycles. The highest BCUT2D eigenvalue weighted by Gasteiger charge is 1.99. The molecule has 56 valence electrons. The first-order chi connectivity index (χ1) is 5.29. The van der Waals surface area contributed by atoms with Crippen LogP contribution in [-0.4, -0.2) is 2.78 Å². The third-order valence-corrected chi connectivity index (χ3v) is 3.12. The Morgan fingerprint density at radius 2 is 2.27 bits per heavy atom. The molecular weight excluding hydrogens is 273 g/mol. The van der Waals surface area contributed by atoms with E-state index in [1.807, 2.05) is 40.4 Å². The molecule has 0 amide bonds. The Morgan fingerprint density at radius 3 is 3.09 bits per heavy atom. The van der Waals surface area contributed by atoms with Crippen molar-refractivity contribution in [1.29, 1.82) is 0 Å². The van der Waals surface area contributed by atoms with Gasteiger partial charge in [0, 0.05) is 10.9 Å². The minimum atomic E-state index is 0.0735. The molecule has 0 aromatic carbocycles. The summed E-state index contributed by atoms with van der Waals surface area (Å²) in [5.41, 5.74) is 0.0735. The van der Waals surface area contributed by atoms with Crippen molar-refractivity contribution >= 4 is 44.3 Å². The quantitative estimate of drug-likeness (QED) is 0.677. The molecular formula is C7H4INOS. The molecule has 4 heteroatoms. The molecule has 0 fully saturated rings. The molecule has 0 atom stereocenters. The second-order valence-corrected chi connectivity index (χ2v) is 4.12. The molecule has 2 nitrogen and oxygen atoms in total. The zero-order valence-electron chi connectivity index (χ0n) is 5.45. The highest BCUT2D eigenvalue weighted by Crippen LogP contribution is 2.16. The average molecular weight is 277 g/mol. The normalized spacial score (nSPS) is 10.6. The predicted molar refractivity (Wildman–Crippen MR) is 55.5 cm³/mol. The van der Waals surface area contributed by atoms with Crippen LogP contribution < -0.4 is 5.56 Å². The molecule has 0 saturated heterocycles. The van der Waals surface area contributed by atoms with E-state index in [0.717, 1.165) is 10.1 Å². The van der Waals surface area contributed by atoms with Crippen LogP contribution in [0.2, 0.25) is 0 Å². The van der Waals surface area contributed by atoms with Gasteiger partial charge in [-0.3, -0.25) is 7.58 Å². The molecule has 0 spiro atoms. The van der Waals surface area contributed by atoms with E-state index >= 15 is 0 Å². The number of thiophene rings is 1. The first-order valence-electron chi connectivity index (χ1n) is 3.04. The lowest BCUT2D eigenvalue weighted by Crippen LogP contribution is -2.09. The van der Waals surface area contributed by atoms with Gasteiger partial charge in [-0.25, -0.2) is 0 Å². The van der Waals surface area contributed by atoms with E-state index in [1.165, 1.54) is 0 Å². The van der Waals surface area contributed by atoms with Gasteiger partial charge in [-0.2, -0.15) is 0 Å². The number of hydrogen-bond acceptors (Lipinski definition) is 2. The van der Waals surface area contributed by atoms with Crippen molar-refractivity contribution in [3.8, 4) is 0 Å². The summed E-state index contributed by atoms with van der Waals surface area (Å²) in [5, 5.41) is 2.75. The van der Waals surface area contributed by atoms with Crippen LogP contribution in [-0.2, 0) is 0 Å². The zero-order valence-corrected chi connectivity index (χ0v) is 8.43. The van der Waals surface area contributed by atoms with E-state index in [4.69, 9.17) is 0 Å². The summed E-state index contributed by atoms with van der Waals surface area (Å²) in [6.45, 7) is 0. The fourth-order valence-electron chi connectivity index (χ4n) is 0.943. The highest BCUT2D eigenvalue weighted by molar-refractivity contribution is 14.1. The van der Waals surface area contributed by atoms with E-state index in [9.17, 15) is 4.79 Å². The molecule has 2 rings (SSSR count). The number of nitrogens with zero attached hydrogens (tertiary/aromatic N) is 1. The first-order valence-corrected chi connectivity index (χ1v) is 4.88. The lowest BCUT2D eigenvalue weighted by atomic mass is 10.3. The van der Waals surface area contributed by atoms with Gasteiger partial charge in [0.2, 0.25) is 0 Å². The Hall–Kier alpha value is -0.360. The molecule has 0 N–H and O–H groups in total. The van der Waals surface area contributed by atoms with Crippen LogP contribution in [0.4, 0.5) is 0 Å². The summed E-state index contributed by atoms with van der Waals surface area (Å²) >= 11 is 3.57. The third kappa shape index (κ3) is 1.10. The SMILES string of the molecule is O=c1c2ccsc2ccn1I. The second-order valence-electron chi connectivity index (χ2n) is 2.13. The van der Waals surface area contributed by atoms with Crippen LogP contribution in [0.25, 0.3) is 10.1 Å². The second kappa shape index (κ2) is 2.60. The van der Waals surface area contributed by atoms with Crippen molar-refractivity contribution in [3.05, 3.63) is 34.1 Å². The van der Waals surface area contributed by atoms with Gasteiger partial charge >= 0.3 is 0 Å². The number of halogens is 1. The maximum absolute atomic E-state index is 11.4. The predicted octanol–water partition coefficient (Wildman–Crippen LogP) is 2.26. The lowest BCUT2D eigenvalue weighted by Gasteiger charge is -1.91. The minimum Gasteiger partial charge on any atom is -0.268 e. The van der Waals surface area contributed by atoms with E-state index in [1.54, 1.807) is 20.3 Å². The van der Waals surface area contributed by atoms with Gasteiger partial charge in [0.1, 0.15) is 0 Å². The van der Waals surface area contributed by atoms with Crippen molar-refractivity contribution in [2.45, 2.75) is 0 Å². The van der Waals surface area contributed by atoms with E-state index < -0.39 is 0 Å². The van der Waals surface area contributed by atoms with Crippen molar-refractivity contribution in [3.63, 3.8) is 0 Å². The summed E-state index contributed by atoms with van der Waals surface area (Å²) in [7, 11) is 0. The molecule has 0 bridgehead atoms. The van der Waals surface area contributed by atoms with E-state index in [2.05, 4.69) is 0 Å². The molecule has 2 aromatic heterocycles. The molecule has 0 unspecified atom stereocenters. The smallest absolute Gasteiger partial charge is 0.268 e. The highest BCUT2D eigenvalue weighted by atomic mass is 127. The molecule has 2 aromatic rings. The Kier molecular flexibility index (Phi) is 1.72. The van der Waals surface area contributed by atoms with Gasteiger partial charge in [-0.15, -0.1) is 11.3 Å². The topological polar surface area (TPSA) is 22.0 Å².